The van der Waals surface area contributed by atoms with Gasteiger partial charge >= 0.3 is 5.97 Å². The molecule has 0 spiro atoms. The molecule has 3 aromatic rings. The molecular weight excluding hydrogens is 514 g/mol. The lowest BCUT2D eigenvalue weighted by Gasteiger charge is -2.14. The molecule has 0 fully saturated rings. The Kier molecular flexibility index (Phi) is 6.08. The van der Waals surface area contributed by atoms with Crippen LogP contribution in [0.1, 0.15) is 10.4 Å². The van der Waals surface area contributed by atoms with Crippen LogP contribution in [0.25, 0.3) is 10.8 Å². The Morgan fingerprint density at radius 1 is 0.971 bits per heavy atom. The first-order chi connectivity index (χ1) is 16.0. The second-order valence-electron chi connectivity index (χ2n) is 6.79. The molecule has 0 aliphatic rings. The van der Waals surface area contributed by atoms with Crippen molar-refractivity contribution in [3.8, 4) is 5.75 Å². The minimum atomic E-state index is -5.25. The number of carboxylic acids is 1. The summed E-state index contributed by atoms with van der Waals surface area (Å²) in [6.07, 6.45) is 0. The third-order valence-corrected chi connectivity index (χ3v) is 6.37. The molecule has 0 radical (unpaired) electrons. The molecule has 0 aromatic heterocycles. The number of anilines is 2. The number of azo groups is 1. The number of nitrogens with zero attached hydrogens (tertiary/aromatic N) is 3. The third-order valence-electron chi connectivity index (χ3n) is 4.61. The second kappa shape index (κ2) is 8.43. The second-order valence-corrected chi connectivity index (χ2v) is 9.57. The van der Waals surface area contributed by atoms with Crippen molar-refractivity contribution in [2.24, 2.45) is 10.2 Å². The van der Waals surface area contributed by atoms with Crippen LogP contribution >= 0.6 is 0 Å². The van der Waals surface area contributed by atoms with Crippen molar-refractivity contribution < 1.29 is 45.9 Å². The number of phenols is 1. The van der Waals surface area contributed by atoms with Crippen LogP contribution in [0.5, 0.6) is 5.75 Å². The summed E-state index contributed by atoms with van der Waals surface area (Å²) < 4.78 is 66.6. The smallest absolute Gasteiger partial charge is 0.338 e. The molecule has 0 aliphatic heterocycles. The Hall–Kier alpha value is -4.39. The molecule has 0 saturated heterocycles. The van der Waals surface area contributed by atoms with Gasteiger partial charge in [0.25, 0.3) is 25.9 Å². The predicted molar refractivity (Wildman–Crippen MR) is 118 cm³/mol. The van der Waals surface area contributed by atoms with E-state index in [0.29, 0.717) is 18.2 Å². The Morgan fingerprint density at radius 3 is 2.09 bits per heavy atom. The van der Waals surface area contributed by atoms with Gasteiger partial charge in [0, 0.05) is 17.5 Å². The number of aromatic carboxylic acids is 1. The van der Waals surface area contributed by atoms with Crippen molar-refractivity contribution in [2.75, 3.05) is 11.5 Å². The zero-order chi connectivity index (χ0) is 26.5. The number of nitrogens with two attached hydrogens (primary N) is 2. The quantitative estimate of drug-likeness (QED) is 0.0882. The van der Waals surface area contributed by atoms with Crippen LogP contribution in [0, 0.1) is 10.1 Å². The number of nitrogen functional groups attached to an aromatic ring is 2. The van der Waals surface area contributed by atoms with E-state index in [1.807, 2.05) is 0 Å². The van der Waals surface area contributed by atoms with Crippen molar-refractivity contribution in [1.82, 2.24) is 0 Å². The fourth-order valence-electron chi connectivity index (χ4n) is 3.05. The van der Waals surface area contributed by atoms with E-state index in [0.717, 1.165) is 12.1 Å². The predicted octanol–water partition coefficient (Wildman–Crippen LogP) is 2.23. The van der Waals surface area contributed by atoms with Gasteiger partial charge in [-0.05, 0) is 18.2 Å². The number of aromatic hydroxyl groups is 1. The highest BCUT2D eigenvalue weighted by Gasteiger charge is 2.28. The fraction of sp³-hybridized carbons (Fsp3) is 0. The number of carboxylic acid groups (broad SMARTS) is 1. The molecule has 0 aliphatic carbocycles. The van der Waals surface area contributed by atoms with Crippen molar-refractivity contribution >= 4 is 65.4 Å². The van der Waals surface area contributed by atoms with Crippen LogP contribution in [0.4, 0.5) is 28.4 Å². The van der Waals surface area contributed by atoms with E-state index in [2.05, 4.69) is 10.2 Å². The number of phenolic OH excluding ortho intramolecular Hbond substituents is 1. The lowest BCUT2D eigenvalue weighted by Crippen LogP contribution is -2.06. The molecule has 35 heavy (non-hydrogen) atoms. The van der Waals surface area contributed by atoms with Crippen LogP contribution in [0.3, 0.4) is 0 Å². The number of rotatable bonds is 6. The van der Waals surface area contributed by atoms with E-state index in [-0.39, 0.29) is 0 Å². The highest BCUT2D eigenvalue weighted by molar-refractivity contribution is 7.86. The van der Waals surface area contributed by atoms with E-state index in [9.17, 15) is 51.1 Å². The number of nitro groups is 1. The molecule has 3 rings (SSSR count). The van der Waals surface area contributed by atoms with Gasteiger partial charge in [0.15, 0.2) is 5.75 Å². The largest absolute Gasteiger partial charge is 0.505 e. The molecule has 0 bridgehead atoms. The van der Waals surface area contributed by atoms with Crippen molar-refractivity contribution in [3.63, 3.8) is 0 Å². The van der Waals surface area contributed by atoms with Gasteiger partial charge in [-0.25, -0.2) is 4.79 Å². The highest BCUT2D eigenvalue weighted by atomic mass is 32.2. The monoisotopic (exact) mass is 527 g/mol. The Labute approximate surface area is 194 Å². The van der Waals surface area contributed by atoms with E-state index in [1.165, 1.54) is 0 Å². The van der Waals surface area contributed by atoms with Crippen molar-refractivity contribution in [2.45, 2.75) is 9.79 Å². The zero-order valence-electron chi connectivity index (χ0n) is 16.8. The van der Waals surface area contributed by atoms with Gasteiger partial charge in [-0.2, -0.15) is 16.8 Å². The van der Waals surface area contributed by atoms with E-state index in [1.54, 1.807) is 0 Å². The zero-order valence-corrected chi connectivity index (χ0v) is 18.5. The first kappa shape index (κ1) is 25.2. The molecule has 18 heteroatoms. The summed E-state index contributed by atoms with van der Waals surface area (Å²) in [7, 11) is -10.3. The normalized spacial score (nSPS) is 12.3. The summed E-state index contributed by atoms with van der Waals surface area (Å²) >= 11 is 0. The fourth-order valence-corrected chi connectivity index (χ4v) is 4.41. The molecule has 0 unspecified atom stereocenters. The van der Waals surface area contributed by atoms with Gasteiger partial charge in [-0.3, -0.25) is 19.2 Å². The van der Waals surface area contributed by atoms with Crippen LogP contribution in [-0.2, 0) is 20.2 Å². The maximum Gasteiger partial charge on any atom is 0.338 e. The minimum absolute atomic E-state index is 0.438. The molecule has 0 heterocycles. The van der Waals surface area contributed by atoms with Crippen LogP contribution in [-0.4, -0.2) is 47.0 Å². The van der Waals surface area contributed by atoms with Gasteiger partial charge in [0.05, 0.1) is 27.2 Å². The number of hydrogen-bond acceptors (Lipinski definition) is 12. The van der Waals surface area contributed by atoms with Crippen LogP contribution in [0.2, 0.25) is 0 Å². The van der Waals surface area contributed by atoms with Gasteiger partial charge in [0.1, 0.15) is 21.2 Å². The Balaban J connectivity index is 2.42. The lowest BCUT2D eigenvalue weighted by molar-refractivity contribution is -0.384. The van der Waals surface area contributed by atoms with Gasteiger partial charge in [-0.15, -0.1) is 10.2 Å². The van der Waals surface area contributed by atoms with Crippen LogP contribution in [0.15, 0.2) is 50.4 Å². The summed E-state index contributed by atoms with van der Waals surface area (Å²) in [5.41, 5.74) is 7.69. The standard InChI is InChI=1S/C17H13N5O11S2/c18-9-5-11(34(28,29)30)8-4-12(35(31,32)33)15(16(23)13(8)14(9)19)21-20-10-2-1-6(22(26)27)3-7(10)17(24)25/h1-5,23H,18-19H2,(H,24,25)(H,28,29,30)(H,31,32,33). The highest BCUT2D eigenvalue weighted by Crippen LogP contribution is 2.47. The molecule has 184 valence electrons. The molecular formula is C17H13N5O11S2. The lowest BCUT2D eigenvalue weighted by atomic mass is 10.1. The van der Waals surface area contributed by atoms with Crippen molar-refractivity contribution in [3.05, 3.63) is 46.0 Å². The SMILES string of the molecule is Nc1cc(S(=O)(=O)O)c2cc(S(=O)(=O)O)c(N=Nc3ccc([N+](=O)[O-])cc3C(=O)O)c(O)c2c1N. The summed E-state index contributed by atoms with van der Waals surface area (Å²) in [4.78, 5) is 19.3. The molecule has 0 atom stereocenters. The molecule has 0 saturated carbocycles. The van der Waals surface area contributed by atoms with E-state index in [4.69, 9.17) is 11.5 Å². The van der Waals surface area contributed by atoms with E-state index < -0.39 is 91.4 Å². The molecule has 0 amide bonds. The van der Waals surface area contributed by atoms with Crippen molar-refractivity contribution in [1.29, 1.82) is 0 Å². The Bertz CT molecular complexity index is 1680. The first-order valence-electron chi connectivity index (χ1n) is 8.80. The maximum atomic E-state index is 12.0. The summed E-state index contributed by atoms with van der Waals surface area (Å²) in [5, 5.41) is 36.7. The topological polar surface area (TPSA) is 286 Å². The number of fused-ring (bicyclic) bond motifs is 1. The molecule has 8 N–H and O–H groups in total. The number of hydrogen-bond donors (Lipinski definition) is 6. The summed E-state index contributed by atoms with van der Waals surface area (Å²) in [6.45, 7) is 0. The van der Waals surface area contributed by atoms with Gasteiger partial charge in [0.2, 0.25) is 0 Å². The molecule has 3 aromatic carbocycles. The van der Waals surface area contributed by atoms with Gasteiger partial charge < -0.3 is 21.7 Å². The Morgan fingerprint density at radius 2 is 1.57 bits per heavy atom. The minimum Gasteiger partial charge on any atom is -0.505 e. The molecule has 16 nitrogen and oxygen atoms in total. The number of non-ortho nitro benzene ring substituents is 1. The van der Waals surface area contributed by atoms with Crippen LogP contribution < -0.4 is 11.5 Å². The summed E-state index contributed by atoms with van der Waals surface area (Å²) in [6, 6.07) is 3.61. The average molecular weight is 527 g/mol. The summed E-state index contributed by atoms with van der Waals surface area (Å²) in [5.74, 6) is -2.80. The first-order valence-corrected chi connectivity index (χ1v) is 11.7. The van der Waals surface area contributed by atoms with Gasteiger partial charge in [-0.1, -0.05) is 0 Å². The average Bonchev–Trinajstić information content (AvgIpc) is 2.73. The number of benzene rings is 3. The third kappa shape index (κ3) is 4.66. The number of nitro benzene ring substituents is 1. The van der Waals surface area contributed by atoms with E-state index >= 15 is 0 Å². The number of carbonyl (C=O) groups is 1. The maximum absolute atomic E-state index is 12.0.